The smallest absolute Gasteiger partial charge is 0.213 e. The van der Waals surface area contributed by atoms with Crippen molar-refractivity contribution in [1.29, 1.82) is 0 Å². The number of hydrogen-bond acceptors (Lipinski definition) is 3. The van der Waals surface area contributed by atoms with Crippen molar-refractivity contribution < 1.29 is 8.42 Å². The van der Waals surface area contributed by atoms with Crippen molar-refractivity contribution in [1.82, 2.24) is 14.9 Å². The van der Waals surface area contributed by atoms with Gasteiger partial charge in [-0.25, -0.2) is 13.1 Å². The number of aliphatic imine (C=N–C) groups is 1. The van der Waals surface area contributed by atoms with Crippen LogP contribution in [0, 0.1) is 17.8 Å². The van der Waals surface area contributed by atoms with E-state index in [2.05, 4.69) is 33.8 Å². The molecular formula is C17H35IN4O2S. The molecule has 0 spiro atoms. The van der Waals surface area contributed by atoms with E-state index in [4.69, 9.17) is 0 Å². The van der Waals surface area contributed by atoms with Crippen LogP contribution in [0.4, 0.5) is 0 Å². The van der Waals surface area contributed by atoms with Crippen molar-refractivity contribution in [2.75, 3.05) is 38.5 Å². The number of nitrogens with one attached hydrogen (secondary N) is 2. The molecule has 0 bridgehead atoms. The Morgan fingerprint density at radius 3 is 2.36 bits per heavy atom. The lowest BCUT2D eigenvalue weighted by atomic mass is 9.86. The van der Waals surface area contributed by atoms with E-state index in [1.807, 2.05) is 6.92 Å². The Kier molecular flexibility index (Phi) is 10.0. The zero-order valence-corrected chi connectivity index (χ0v) is 19.0. The molecule has 25 heavy (non-hydrogen) atoms. The van der Waals surface area contributed by atoms with E-state index >= 15 is 0 Å². The van der Waals surface area contributed by atoms with Gasteiger partial charge in [0.05, 0.1) is 12.3 Å². The van der Waals surface area contributed by atoms with E-state index in [0.29, 0.717) is 30.8 Å². The van der Waals surface area contributed by atoms with Gasteiger partial charge in [0.2, 0.25) is 10.0 Å². The molecule has 2 atom stereocenters. The summed E-state index contributed by atoms with van der Waals surface area (Å²) in [6.07, 6.45) is 4.78. The molecule has 1 aliphatic carbocycles. The maximum atomic E-state index is 12.1. The summed E-state index contributed by atoms with van der Waals surface area (Å²) in [7, 11) is -3.22. The van der Waals surface area contributed by atoms with E-state index < -0.39 is 10.0 Å². The number of rotatable bonds is 7. The molecule has 2 rings (SSSR count). The third kappa shape index (κ3) is 7.99. The second-order valence-electron chi connectivity index (χ2n) is 7.55. The second-order valence-corrected chi connectivity index (χ2v) is 9.48. The van der Waals surface area contributed by atoms with Crippen molar-refractivity contribution in [3.8, 4) is 0 Å². The minimum atomic E-state index is -3.22. The summed E-state index contributed by atoms with van der Waals surface area (Å²) < 4.78 is 26.9. The molecule has 148 valence electrons. The zero-order valence-electron chi connectivity index (χ0n) is 15.8. The summed E-state index contributed by atoms with van der Waals surface area (Å²) in [5, 5.41) is 3.31. The van der Waals surface area contributed by atoms with Crippen LogP contribution in [-0.2, 0) is 10.0 Å². The molecule has 0 aromatic heterocycles. The van der Waals surface area contributed by atoms with Gasteiger partial charge < -0.3 is 10.2 Å². The second kappa shape index (κ2) is 10.9. The van der Waals surface area contributed by atoms with Crippen LogP contribution in [0.2, 0.25) is 0 Å². The standard InChI is InChI=1S/C17H34N4O2S.HI/c1-4-18-17(21-12-14(2)10-15(3)13-21)19-8-9-24(22,23)20-11-16-6-5-7-16;/h14-16,20H,4-13H2,1-3H3,(H,18,19);1H. The normalized spacial score (nSPS) is 25.2. The molecule has 1 saturated carbocycles. The van der Waals surface area contributed by atoms with Gasteiger partial charge in [0.15, 0.2) is 5.96 Å². The molecule has 2 N–H and O–H groups in total. The fraction of sp³-hybridized carbons (Fsp3) is 0.941. The number of guanidine groups is 1. The van der Waals surface area contributed by atoms with Gasteiger partial charge in [-0.05, 0) is 43.9 Å². The van der Waals surface area contributed by atoms with E-state index in [1.54, 1.807) is 0 Å². The van der Waals surface area contributed by atoms with E-state index in [0.717, 1.165) is 38.4 Å². The highest BCUT2D eigenvalue weighted by atomic mass is 127. The highest BCUT2D eigenvalue weighted by molar-refractivity contribution is 14.0. The molecule has 1 heterocycles. The van der Waals surface area contributed by atoms with Gasteiger partial charge in [0.25, 0.3) is 0 Å². The van der Waals surface area contributed by atoms with Gasteiger partial charge in [-0.3, -0.25) is 4.99 Å². The van der Waals surface area contributed by atoms with Crippen molar-refractivity contribution in [3.05, 3.63) is 0 Å². The predicted octanol–water partition coefficient (Wildman–Crippen LogP) is 2.27. The average molecular weight is 486 g/mol. The number of likely N-dealkylation sites (tertiary alicyclic amines) is 1. The monoisotopic (exact) mass is 486 g/mol. The summed E-state index contributed by atoms with van der Waals surface area (Å²) in [6.45, 7) is 10.2. The van der Waals surface area contributed by atoms with Gasteiger partial charge in [-0.2, -0.15) is 0 Å². The number of nitrogens with zero attached hydrogens (tertiary/aromatic N) is 2. The first kappa shape index (κ1) is 23.0. The van der Waals surface area contributed by atoms with Crippen molar-refractivity contribution >= 4 is 40.0 Å². The van der Waals surface area contributed by atoms with Gasteiger partial charge in [0.1, 0.15) is 0 Å². The molecule has 6 nitrogen and oxygen atoms in total. The van der Waals surface area contributed by atoms with Gasteiger partial charge in [-0.15, -0.1) is 24.0 Å². The Balaban J connectivity index is 0.00000312. The Labute approximate surface area is 170 Å². The highest BCUT2D eigenvalue weighted by Crippen LogP contribution is 2.25. The summed E-state index contributed by atoms with van der Waals surface area (Å²) >= 11 is 0. The maximum Gasteiger partial charge on any atom is 0.213 e. The molecule has 0 aromatic rings. The van der Waals surface area contributed by atoms with Crippen LogP contribution in [-0.4, -0.2) is 57.8 Å². The van der Waals surface area contributed by atoms with Crippen LogP contribution < -0.4 is 10.0 Å². The molecule has 1 aliphatic heterocycles. The first-order valence-electron chi connectivity index (χ1n) is 9.40. The van der Waals surface area contributed by atoms with Gasteiger partial charge in [0, 0.05) is 26.2 Å². The van der Waals surface area contributed by atoms with Crippen LogP contribution in [0.1, 0.15) is 46.5 Å². The predicted molar refractivity (Wildman–Crippen MR) is 115 cm³/mol. The molecule has 0 radical (unpaired) electrons. The molecule has 2 unspecified atom stereocenters. The number of sulfonamides is 1. The molecule has 1 saturated heterocycles. The maximum absolute atomic E-state index is 12.1. The minimum absolute atomic E-state index is 0. The first-order chi connectivity index (χ1) is 11.4. The van der Waals surface area contributed by atoms with Crippen LogP contribution in [0.5, 0.6) is 0 Å². The van der Waals surface area contributed by atoms with Gasteiger partial charge in [-0.1, -0.05) is 20.3 Å². The van der Waals surface area contributed by atoms with Crippen LogP contribution in [0.25, 0.3) is 0 Å². The van der Waals surface area contributed by atoms with Crippen molar-refractivity contribution in [2.45, 2.75) is 46.5 Å². The van der Waals surface area contributed by atoms with Gasteiger partial charge >= 0.3 is 0 Å². The van der Waals surface area contributed by atoms with Crippen molar-refractivity contribution in [3.63, 3.8) is 0 Å². The minimum Gasteiger partial charge on any atom is -0.357 e. The Morgan fingerprint density at radius 2 is 1.84 bits per heavy atom. The molecule has 0 amide bonds. The fourth-order valence-electron chi connectivity index (χ4n) is 3.55. The Hall–Kier alpha value is -0.0900. The third-order valence-corrected chi connectivity index (χ3v) is 6.27. The average Bonchev–Trinajstić information content (AvgIpc) is 2.43. The lowest BCUT2D eigenvalue weighted by Gasteiger charge is -2.37. The highest BCUT2D eigenvalue weighted by Gasteiger charge is 2.24. The van der Waals surface area contributed by atoms with E-state index in [9.17, 15) is 8.42 Å². The largest absolute Gasteiger partial charge is 0.357 e. The number of halogens is 1. The summed E-state index contributed by atoms with van der Waals surface area (Å²) in [5.74, 6) is 2.74. The molecular weight excluding hydrogens is 451 g/mol. The Bertz CT molecular complexity index is 513. The summed E-state index contributed by atoms with van der Waals surface area (Å²) in [4.78, 5) is 6.84. The quantitative estimate of drug-likeness (QED) is 0.329. The summed E-state index contributed by atoms with van der Waals surface area (Å²) in [6, 6.07) is 0. The number of hydrogen-bond donors (Lipinski definition) is 2. The lowest BCUT2D eigenvalue weighted by Crippen LogP contribution is -2.48. The van der Waals surface area contributed by atoms with Crippen LogP contribution in [0.3, 0.4) is 0 Å². The molecule has 2 fully saturated rings. The van der Waals surface area contributed by atoms with Crippen LogP contribution in [0.15, 0.2) is 4.99 Å². The van der Waals surface area contributed by atoms with Crippen LogP contribution >= 0.6 is 24.0 Å². The number of piperidine rings is 1. The zero-order chi connectivity index (χ0) is 17.6. The first-order valence-corrected chi connectivity index (χ1v) is 11.1. The fourth-order valence-corrected chi connectivity index (χ4v) is 4.51. The molecule has 0 aromatic carbocycles. The third-order valence-electron chi connectivity index (χ3n) is 4.94. The van der Waals surface area contributed by atoms with E-state index in [1.165, 1.54) is 12.8 Å². The molecule has 8 heteroatoms. The molecule has 2 aliphatic rings. The Morgan fingerprint density at radius 1 is 1.20 bits per heavy atom. The van der Waals surface area contributed by atoms with Crippen molar-refractivity contribution in [2.24, 2.45) is 22.7 Å². The lowest BCUT2D eigenvalue weighted by molar-refractivity contribution is 0.208. The summed E-state index contributed by atoms with van der Waals surface area (Å²) in [5.41, 5.74) is 0. The van der Waals surface area contributed by atoms with E-state index in [-0.39, 0.29) is 29.7 Å². The topological polar surface area (TPSA) is 73.8 Å². The SMILES string of the molecule is CCNC(=NCCS(=O)(=O)NCC1CCC1)N1CC(C)CC(C)C1.I.